The van der Waals surface area contributed by atoms with E-state index in [1.165, 1.54) is 148 Å². The average molecular weight is 610 g/mol. The van der Waals surface area contributed by atoms with Crippen LogP contribution in [0.15, 0.2) is 12.2 Å². The van der Waals surface area contributed by atoms with Crippen molar-refractivity contribution in [1.82, 2.24) is 5.32 Å². The number of allylic oxidation sites excluding steroid dienone is 1. The summed E-state index contributed by atoms with van der Waals surface area (Å²) in [5.41, 5.74) is 0. The minimum atomic E-state index is -0.921. The zero-order valence-corrected chi connectivity index (χ0v) is 28.8. The maximum absolute atomic E-state index is 12.3. The van der Waals surface area contributed by atoms with Gasteiger partial charge in [-0.15, -0.1) is 0 Å². The fourth-order valence-electron chi connectivity index (χ4n) is 5.87. The summed E-state index contributed by atoms with van der Waals surface area (Å²) < 4.78 is 0. The number of carbonyl (C=O) groups excluding carboxylic acids is 1. The summed E-state index contributed by atoms with van der Waals surface area (Å²) in [5, 5.41) is 32.9. The number of unbranched alkanes of at least 4 members (excludes halogenated alkanes) is 25. The van der Waals surface area contributed by atoms with E-state index in [4.69, 9.17) is 0 Å². The molecule has 0 aliphatic heterocycles. The fraction of sp³-hybridized carbons (Fsp3) is 0.921. The Morgan fingerprint density at radius 2 is 0.953 bits per heavy atom. The number of nitrogens with one attached hydrogen (secondary N) is 1. The highest BCUT2D eigenvalue weighted by Crippen LogP contribution is 2.16. The molecule has 5 heteroatoms. The SMILES string of the molecule is CCCCCCCCC/C=C/C(O)C(CO)NC(=O)CC(O)CCCCCCCCCCCCCCCCCCCCC. The number of rotatable bonds is 34. The zero-order chi connectivity index (χ0) is 31.6. The Labute approximate surface area is 268 Å². The van der Waals surface area contributed by atoms with Gasteiger partial charge >= 0.3 is 0 Å². The van der Waals surface area contributed by atoms with Crippen LogP contribution in [0.5, 0.6) is 0 Å². The van der Waals surface area contributed by atoms with Crippen LogP contribution in [0.3, 0.4) is 0 Å². The van der Waals surface area contributed by atoms with Crippen molar-refractivity contribution in [3.05, 3.63) is 12.2 Å². The molecular weight excluding hydrogens is 534 g/mol. The summed E-state index contributed by atoms with van der Waals surface area (Å²) in [7, 11) is 0. The normalized spacial score (nSPS) is 13.9. The smallest absolute Gasteiger partial charge is 0.222 e. The number of carbonyl (C=O) groups is 1. The second-order valence-corrected chi connectivity index (χ2v) is 13.2. The molecule has 0 bridgehead atoms. The van der Waals surface area contributed by atoms with Gasteiger partial charge in [0.15, 0.2) is 0 Å². The van der Waals surface area contributed by atoms with Crippen LogP contribution in [-0.2, 0) is 4.79 Å². The van der Waals surface area contributed by atoms with Gasteiger partial charge in [0, 0.05) is 0 Å². The molecule has 0 radical (unpaired) electrons. The lowest BCUT2D eigenvalue weighted by molar-refractivity contribution is -0.124. The van der Waals surface area contributed by atoms with E-state index >= 15 is 0 Å². The molecule has 256 valence electrons. The molecule has 0 aromatic carbocycles. The van der Waals surface area contributed by atoms with E-state index in [0.717, 1.165) is 25.7 Å². The molecule has 3 atom stereocenters. The largest absolute Gasteiger partial charge is 0.394 e. The molecule has 3 unspecified atom stereocenters. The van der Waals surface area contributed by atoms with Gasteiger partial charge in [0.1, 0.15) is 0 Å². The molecule has 5 nitrogen and oxygen atoms in total. The monoisotopic (exact) mass is 610 g/mol. The first-order valence-electron chi connectivity index (χ1n) is 19.0. The third-order valence-electron chi connectivity index (χ3n) is 8.82. The van der Waals surface area contributed by atoms with Crippen LogP contribution in [0.25, 0.3) is 0 Å². The highest BCUT2D eigenvalue weighted by molar-refractivity contribution is 5.76. The summed E-state index contributed by atoms with van der Waals surface area (Å²) >= 11 is 0. The third-order valence-corrected chi connectivity index (χ3v) is 8.82. The molecule has 0 saturated carbocycles. The van der Waals surface area contributed by atoms with Crippen molar-refractivity contribution in [2.45, 2.75) is 218 Å². The van der Waals surface area contributed by atoms with E-state index in [9.17, 15) is 20.1 Å². The Kier molecular flexibility index (Phi) is 33.3. The van der Waals surface area contributed by atoms with Crippen LogP contribution in [0, 0.1) is 0 Å². The van der Waals surface area contributed by atoms with Crippen LogP contribution >= 0.6 is 0 Å². The Morgan fingerprint density at radius 3 is 1.35 bits per heavy atom. The Morgan fingerprint density at radius 1 is 0.581 bits per heavy atom. The molecule has 1 amide bonds. The van der Waals surface area contributed by atoms with Gasteiger partial charge in [0.05, 0.1) is 31.3 Å². The summed E-state index contributed by atoms with van der Waals surface area (Å²) in [6.07, 6.45) is 37.8. The first kappa shape index (κ1) is 42.1. The van der Waals surface area contributed by atoms with Gasteiger partial charge in [-0.2, -0.15) is 0 Å². The van der Waals surface area contributed by atoms with Crippen LogP contribution in [0.1, 0.15) is 200 Å². The fourth-order valence-corrected chi connectivity index (χ4v) is 5.87. The molecule has 0 aliphatic rings. The Hall–Kier alpha value is -0.910. The first-order valence-corrected chi connectivity index (χ1v) is 19.0. The quantitative estimate of drug-likeness (QED) is 0.0432. The van der Waals surface area contributed by atoms with Gasteiger partial charge in [0.2, 0.25) is 5.91 Å². The van der Waals surface area contributed by atoms with E-state index in [1.54, 1.807) is 6.08 Å². The molecule has 0 fully saturated rings. The highest BCUT2D eigenvalue weighted by Gasteiger charge is 2.20. The molecule has 0 saturated heterocycles. The Balaban J connectivity index is 3.62. The highest BCUT2D eigenvalue weighted by atomic mass is 16.3. The van der Waals surface area contributed by atoms with Crippen molar-refractivity contribution in [2.24, 2.45) is 0 Å². The van der Waals surface area contributed by atoms with E-state index in [1.807, 2.05) is 6.08 Å². The molecule has 4 N–H and O–H groups in total. The molecule has 0 aromatic heterocycles. The van der Waals surface area contributed by atoms with E-state index < -0.39 is 18.2 Å². The lowest BCUT2D eigenvalue weighted by atomic mass is 10.0. The zero-order valence-electron chi connectivity index (χ0n) is 28.8. The number of aliphatic hydroxyl groups is 3. The van der Waals surface area contributed by atoms with Crippen LogP contribution in [0.2, 0.25) is 0 Å². The van der Waals surface area contributed by atoms with Gasteiger partial charge in [-0.3, -0.25) is 4.79 Å². The van der Waals surface area contributed by atoms with Crippen molar-refractivity contribution in [3.63, 3.8) is 0 Å². The van der Waals surface area contributed by atoms with Crippen molar-refractivity contribution < 1.29 is 20.1 Å². The number of hydrogen-bond acceptors (Lipinski definition) is 4. The third kappa shape index (κ3) is 30.9. The van der Waals surface area contributed by atoms with Gasteiger partial charge in [-0.1, -0.05) is 187 Å². The lowest BCUT2D eigenvalue weighted by Crippen LogP contribution is -2.45. The molecule has 0 rings (SSSR count). The summed E-state index contributed by atoms with van der Waals surface area (Å²) in [4.78, 5) is 12.3. The van der Waals surface area contributed by atoms with Gasteiger partial charge in [-0.05, 0) is 19.3 Å². The standard InChI is InChI=1S/C38H75NO4/c1-3-5-7-9-11-13-14-15-16-17-18-19-20-21-22-24-25-27-29-31-35(41)33-38(43)39-36(34-40)37(42)32-30-28-26-23-12-10-8-6-4-2/h30,32,35-37,40-42H,3-29,31,33-34H2,1-2H3,(H,39,43)/b32-30+. The summed E-state index contributed by atoms with van der Waals surface area (Å²) in [6.45, 7) is 4.18. The summed E-state index contributed by atoms with van der Waals surface area (Å²) in [5.74, 6) is -0.316. The van der Waals surface area contributed by atoms with E-state index in [-0.39, 0.29) is 18.9 Å². The first-order chi connectivity index (χ1) is 21.0. The maximum atomic E-state index is 12.3. The van der Waals surface area contributed by atoms with E-state index in [2.05, 4.69) is 19.2 Å². The predicted octanol–water partition coefficient (Wildman–Crippen LogP) is 10.1. The van der Waals surface area contributed by atoms with Crippen LogP contribution in [-0.4, -0.2) is 46.1 Å². The topological polar surface area (TPSA) is 89.8 Å². The van der Waals surface area contributed by atoms with Gasteiger partial charge in [-0.25, -0.2) is 0 Å². The van der Waals surface area contributed by atoms with Crippen molar-refractivity contribution in [2.75, 3.05) is 6.61 Å². The van der Waals surface area contributed by atoms with Crippen LogP contribution < -0.4 is 5.32 Å². The molecule has 0 spiro atoms. The van der Waals surface area contributed by atoms with E-state index in [0.29, 0.717) is 6.42 Å². The maximum Gasteiger partial charge on any atom is 0.222 e. The van der Waals surface area contributed by atoms with Gasteiger partial charge < -0.3 is 20.6 Å². The van der Waals surface area contributed by atoms with Gasteiger partial charge in [0.25, 0.3) is 0 Å². The van der Waals surface area contributed by atoms with Crippen molar-refractivity contribution in [3.8, 4) is 0 Å². The van der Waals surface area contributed by atoms with Crippen LogP contribution in [0.4, 0.5) is 0 Å². The second-order valence-electron chi connectivity index (χ2n) is 13.2. The lowest BCUT2D eigenvalue weighted by Gasteiger charge is -2.21. The molecule has 0 heterocycles. The molecule has 0 aliphatic carbocycles. The number of amides is 1. The molecular formula is C38H75NO4. The van der Waals surface area contributed by atoms with Crippen molar-refractivity contribution >= 4 is 5.91 Å². The number of aliphatic hydroxyl groups excluding tert-OH is 3. The Bertz CT molecular complexity index is 596. The molecule has 43 heavy (non-hydrogen) atoms. The second kappa shape index (κ2) is 34.0. The minimum Gasteiger partial charge on any atom is -0.394 e. The average Bonchev–Trinajstić information content (AvgIpc) is 3.00. The van der Waals surface area contributed by atoms with Crippen molar-refractivity contribution in [1.29, 1.82) is 0 Å². The predicted molar refractivity (Wildman–Crippen MR) is 185 cm³/mol. The number of hydrogen-bond donors (Lipinski definition) is 4. The minimum absolute atomic E-state index is 0.0179. The molecule has 0 aromatic rings. The summed E-state index contributed by atoms with van der Waals surface area (Å²) in [6, 6.07) is -0.736.